The fraction of sp³-hybridized carbons (Fsp3) is 0.190. The molecule has 122 valence electrons. The van der Waals surface area contributed by atoms with Crippen LogP contribution in [-0.2, 0) is 9.67 Å². The molecular weight excluding hydrogens is 318 g/mol. The molecule has 3 aromatic carbocycles. The molecule has 0 aromatic heterocycles. The van der Waals surface area contributed by atoms with Crippen LogP contribution in [0.15, 0.2) is 72.8 Å². The van der Waals surface area contributed by atoms with E-state index in [2.05, 4.69) is 5.32 Å². The molecule has 0 fully saturated rings. The third kappa shape index (κ3) is 3.15. The van der Waals surface area contributed by atoms with Crippen molar-refractivity contribution >= 4 is 34.0 Å². The van der Waals surface area contributed by atoms with E-state index in [1.807, 2.05) is 79.7 Å². The first-order chi connectivity index (χ1) is 11.6. The number of fused-ring (bicyclic) bond motifs is 1. The second kappa shape index (κ2) is 7.06. The number of carbonyl (C=O) groups excluding carboxylic acids is 1. The van der Waals surface area contributed by atoms with Gasteiger partial charge in [0.15, 0.2) is 0 Å². The van der Waals surface area contributed by atoms with Gasteiger partial charge in [0.25, 0.3) is 0 Å². The number of rotatable bonds is 5. The van der Waals surface area contributed by atoms with Crippen molar-refractivity contribution in [2.45, 2.75) is 24.6 Å². The maximum absolute atomic E-state index is 13.0. The highest BCUT2D eigenvalue weighted by molar-refractivity contribution is 6.36. The second-order valence-corrected chi connectivity index (χ2v) is 6.54. The minimum atomic E-state index is -1.06. The predicted octanol–water partition coefficient (Wildman–Crippen LogP) is 5.71. The van der Waals surface area contributed by atoms with Crippen LogP contribution in [-0.4, -0.2) is 5.91 Å². The van der Waals surface area contributed by atoms with Crippen molar-refractivity contribution < 1.29 is 4.79 Å². The molecule has 1 atom stereocenters. The summed E-state index contributed by atoms with van der Waals surface area (Å²) < 4.78 is 0. The Balaban J connectivity index is 1.97. The van der Waals surface area contributed by atoms with Crippen molar-refractivity contribution in [3.63, 3.8) is 0 Å². The molecule has 3 heteroatoms. The fourth-order valence-electron chi connectivity index (χ4n) is 2.99. The summed E-state index contributed by atoms with van der Waals surface area (Å²) in [4.78, 5) is 12.0. The Morgan fingerprint density at radius 2 is 1.62 bits per heavy atom. The van der Waals surface area contributed by atoms with Crippen molar-refractivity contribution in [3.8, 4) is 0 Å². The number of carbonyl (C=O) groups is 1. The number of nitrogens with one attached hydrogen (secondary N) is 1. The van der Waals surface area contributed by atoms with Gasteiger partial charge in [0.05, 0.1) is 0 Å². The smallest absolute Gasteiger partial charge is 0.250 e. The molecule has 0 aliphatic rings. The highest BCUT2D eigenvalue weighted by Crippen LogP contribution is 2.36. The fourth-order valence-corrected chi connectivity index (χ4v) is 3.35. The van der Waals surface area contributed by atoms with Crippen LogP contribution in [0.5, 0.6) is 0 Å². The molecule has 1 amide bonds. The van der Waals surface area contributed by atoms with Crippen LogP contribution in [0.2, 0.25) is 0 Å². The lowest BCUT2D eigenvalue weighted by Crippen LogP contribution is -2.35. The Morgan fingerprint density at radius 3 is 2.38 bits per heavy atom. The van der Waals surface area contributed by atoms with Crippen molar-refractivity contribution in [1.82, 2.24) is 0 Å². The topological polar surface area (TPSA) is 29.1 Å². The van der Waals surface area contributed by atoms with Gasteiger partial charge in [0, 0.05) is 11.1 Å². The molecule has 3 aromatic rings. The standard InChI is InChI=1S/C21H20ClNO/c1-2-15-21(22,17-11-4-3-5-12-17)20(24)23-19-14-8-10-16-9-6-7-13-18(16)19/h3-14H,2,15H2,1H3,(H,23,24). The molecule has 0 aliphatic carbocycles. The summed E-state index contributed by atoms with van der Waals surface area (Å²) >= 11 is 6.80. The third-order valence-corrected chi connectivity index (χ3v) is 4.80. The molecule has 0 spiro atoms. The molecule has 0 heterocycles. The molecule has 0 saturated heterocycles. The number of benzene rings is 3. The molecule has 3 rings (SSSR count). The van der Waals surface area contributed by atoms with Gasteiger partial charge in [-0.3, -0.25) is 4.79 Å². The van der Waals surface area contributed by atoms with E-state index in [4.69, 9.17) is 11.6 Å². The normalized spacial score (nSPS) is 13.4. The third-order valence-electron chi connectivity index (χ3n) is 4.22. The predicted molar refractivity (Wildman–Crippen MR) is 101 cm³/mol. The summed E-state index contributed by atoms with van der Waals surface area (Å²) in [6, 6.07) is 23.4. The van der Waals surface area contributed by atoms with Gasteiger partial charge in [-0.1, -0.05) is 80.1 Å². The molecule has 24 heavy (non-hydrogen) atoms. The van der Waals surface area contributed by atoms with Gasteiger partial charge in [-0.15, -0.1) is 11.6 Å². The summed E-state index contributed by atoms with van der Waals surface area (Å²) in [5, 5.41) is 5.14. The van der Waals surface area contributed by atoms with E-state index in [1.165, 1.54) is 0 Å². The van der Waals surface area contributed by atoms with Gasteiger partial charge >= 0.3 is 0 Å². The zero-order valence-electron chi connectivity index (χ0n) is 13.6. The maximum atomic E-state index is 13.0. The maximum Gasteiger partial charge on any atom is 0.250 e. The van der Waals surface area contributed by atoms with Crippen molar-refractivity contribution in [2.75, 3.05) is 5.32 Å². The van der Waals surface area contributed by atoms with Crippen LogP contribution >= 0.6 is 11.6 Å². The molecule has 1 N–H and O–H groups in total. The largest absolute Gasteiger partial charge is 0.324 e. The van der Waals surface area contributed by atoms with Crippen LogP contribution in [0.4, 0.5) is 5.69 Å². The first-order valence-corrected chi connectivity index (χ1v) is 8.56. The van der Waals surface area contributed by atoms with Gasteiger partial charge in [-0.05, 0) is 23.4 Å². The van der Waals surface area contributed by atoms with Crippen LogP contribution in [0.1, 0.15) is 25.3 Å². The first-order valence-electron chi connectivity index (χ1n) is 8.19. The minimum absolute atomic E-state index is 0.187. The van der Waals surface area contributed by atoms with Crippen LogP contribution in [0, 0.1) is 0 Å². The molecule has 0 saturated carbocycles. The Morgan fingerprint density at radius 1 is 0.958 bits per heavy atom. The first kappa shape index (κ1) is 16.5. The second-order valence-electron chi connectivity index (χ2n) is 5.90. The number of hydrogen-bond donors (Lipinski definition) is 1. The monoisotopic (exact) mass is 337 g/mol. The van der Waals surface area contributed by atoms with E-state index in [9.17, 15) is 4.79 Å². The zero-order chi connectivity index (χ0) is 17.0. The highest BCUT2D eigenvalue weighted by atomic mass is 35.5. The van der Waals surface area contributed by atoms with Gasteiger partial charge in [-0.2, -0.15) is 0 Å². The number of hydrogen-bond acceptors (Lipinski definition) is 1. The van der Waals surface area contributed by atoms with Gasteiger partial charge in [0.1, 0.15) is 4.87 Å². The zero-order valence-corrected chi connectivity index (χ0v) is 14.4. The summed E-state index contributed by atoms with van der Waals surface area (Å²) in [7, 11) is 0. The lowest BCUT2D eigenvalue weighted by molar-refractivity contribution is -0.119. The van der Waals surface area contributed by atoms with E-state index in [0.717, 1.165) is 28.4 Å². The Labute approximate surface area is 147 Å². The van der Waals surface area contributed by atoms with Crippen molar-refractivity contribution in [3.05, 3.63) is 78.4 Å². The average molecular weight is 338 g/mol. The number of anilines is 1. The summed E-state index contributed by atoms with van der Waals surface area (Å²) in [5.41, 5.74) is 1.61. The van der Waals surface area contributed by atoms with Crippen molar-refractivity contribution in [2.24, 2.45) is 0 Å². The van der Waals surface area contributed by atoms with Crippen LogP contribution in [0.25, 0.3) is 10.8 Å². The summed E-state index contributed by atoms with van der Waals surface area (Å²) in [5.74, 6) is -0.187. The molecule has 2 nitrogen and oxygen atoms in total. The Bertz CT molecular complexity index is 841. The minimum Gasteiger partial charge on any atom is -0.324 e. The lowest BCUT2D eigenvalue weighted by Gasteiger charge is -2.26. The van der Waals surface area contributed by atoms with Crippen molar-refractivity contribution in [1.29, 1.82) is 0 Å². The van der Waals surface area contributed by atoms with Crippen LogP contribution in [0.3, 0.4) is 0 Å². The van der Waals surface area contributed by atoms with Gasteiger partial charge < -0.3 is 5.32 Å². The van der Waals surface area contributed by atoms with E-state index >= 15 is 0 Å². The van der Waals surface area contributed by atoms with Gasteiger partial charge in [-0.25, -0.2) is 0 Å². The molecular formula is C21H20ClNO. The van der Waals surface area contributed by atoms with E-state index in [1.54, 1.807) is 0 Å². The van der Waals surface area contributed by atoms with E-state index < -0.39 is 4.87 Å². The number of alkyl halides is 1. The van der Waals surface area contributed by atoms with Crippen LogP contribution < -0.4 is 5.32 Å². The number of amides is 1. The molecule has 1 unspecified atom stereocenters. The van der Waals surface area contributed by atoms with Gasteiger partial charge in [0.2, 0.25) is 5.91 Å². The highest BCUT2D eigenvalue weighted by Gasteiger charge is 2.37. The molecule has 0 aliphatic heterocycles. The lowest BCUT2D eigenvalue weighted by atomic mass is 9.92. The summed E-state index contributed by atoms with van der Waals surface area (Å²) in [6.07, 6.45) is 1.40. The Hall–Kier alpha value is -2.32. The summed E-state index contributed by atoms with van der Waals surface area (Å²) in [6.45, 7) is 2.03. The molecule has 0 radical (unpaired) electrons. The average Bonchev–Trinajstić information content (AvgIpc) is 2.63. The Kier molecular flexibility index (Phi) is 4.86. The van der Waals surface area contributed by atoms with E-state index in [-0.39, 0.29) is 5.91 Å². The SMILES string of the molecule is CCCC(Cl)(C(=O)Nc1cccc2ccccc12)c1ccccc1. The molecule has 0 bridgehead atoms. The quantitative estimate of drug-likeness (QED) is 0.593. The van der Waals surface area contributed by atoms with E-state index in [0.29, 0.717) is 6.42 Å². The number of halogens is 1.